The van der Waals surface area contributed by atoms with E-state index in [0.717, 1.165) is 38.9 Å². The second-order valence-electron chi connectivity index (χ2n) is 9.98. The molecule has 0 radical (unpaired) electrons. The maximum Gasteiger partial charge on any atom is 0.282 e. The zero-order chi connectivity index (χ0) is 29.0. The first-order chi connectivity index (χ1) is 19.2. The van der Waals surface area contributed by atoms with Crippen molar-refractivity contribution in [2.75, 3.05) is 13.7 Å². The summed E-state index contributed by atoms with van der Waals surface area (Å²) < 4.78 is 19.8. The van der Waals surface area contributed by atoms with Crippen LogP contribution < -0.4 is 19.8 Å². The van der Waals surface area contributed by atoms with Crippen LogP contribution in [0.4, 0.5) is 0 Å². The summed E-state index contributed by atoms with van der Waals surface area (Å²) in [4.78, 5) is 18.7. The number of ether oxygens (including phenoxy) is 3. The fraction of sp³-hybridized carbons (Fsp3) is 0.344. The quantitative estimate of drug-likeness (QED) is 0.173. The van der Waals surface area contributed by atoms with Crippen molar-refractivity contribution in [3.05, 3.63) is 80.0 Å². The zero-order valence-electron chi connectivity index (χ0n) is 24.1. The van der Waals surface area contributed by atoms with Crippen LogP contribution >= 0.6 is 15.9 Å². The highest BCUT2D eigenvalue weighted by Crippen LogP contribution is 2.38. The highest BCUT2D eigenvalue weighted by Gasteiger charge is 2.19. The van der Waals surface area contributed by atoms with Gasteiger partial charge in [0.1, 0.15) is 5.75 Å². The third-order valence-corrected chi connectivity index (χ3v) is 7.33. The summed E-state index contributed by atoms with van der Waals surface area (Å²) in [6.45, 7) is 12.7. The van der Waals surface area contributed by atoms with E-state index in [9.17, 15) is 4.79 Å². The topological polar surface area (TPSA) is 74.9 Å². The predicted molar refractivity (Wildman–Crippen MR) is 166 cm³/mol. The molecule has 7 nitrogen and oxygen atoms in total. The molecule has 0 spiro atoms. The van der Waals surface area contributed by atoms with Crippen molar-refractivity contribution in [2.24, 2.45) is 5.10 Å². The Morgan fingerprint density at radius 2 is 1.82 bits per heavy atom. The molecule has 4 aromatic rings. The summed E-state index contributed by atoms with van der Waals surface area (Å²) in [5.41, 5.74) is 3.89. The number of hydrogen-bond donors (Lipinski definition) is 0. The number of para-hydroxylation sites is 1. The molecule has 40 heavy (non-hydrogen) atoms. The number of fused-ring (bicyclic) bond motifs is 1. The first-order valence-corrected chi connectivity index (χ1v) is 14.4. The van der Waals surface area contributed by atoms with Crippen molar-refractivity contribution in [3.8, 4) is 28.6 Å². The average molecular weight is 607 g/mol. The Morgan fingerprint density at radius 3 is 2.50 bits per heavy atom. The van der Waals surface area contributed by atoms with Crippen LogP contribution in [0.3, 0.4) is 0 Å². The molecule has 1 aromatic heterocycles. The van der Waals surface area contributed by atoms with E-state index in [-0.39, 0.29) is 17.6 Å². The van der Waals surface area contributed by atoms with E-state index in [1.807, 2.05) is 63.2 Å². The Labute approximate surface area is 243 Å². The van der Waals surface area contributed by atoms with Crippen molar-refractivity contribution >= 4 is 33.0 Å². The third-order valence-electron chi connectivity index (χ3n) is 6.74. The predicted octanol–water partition coefficient (Wildman–Crippen LogP) is 7.72. The lowest BCUT2D eigenvalue weighted by Crippen LogP contribution is -2.21. The molecular formula is C32H36BrN3O4. The Bertz CT molecular complexity index is 1610. The zero-order valence-corrected chi connectivity index (χ0v) is 25.7. The molecule has 0 aliphatic rings. The second kappa shape index (κ2) is 12.7. The maximum absolute atomic E-state index is 13.8. The normalized spacial score (nSPS) is 12.3. The van der Waals surface area contributed by atoms with Crippen LogP contribution in [0, 0.1) is 6.92 Å². The van der Waals surface area contributed by atoms with Gasteiger partial charge >= 0.3 is 0 Å². The van der Waals surface area contributed by atoms with E-state index in [1.54, 1.807) is 19.4 Å². The number of nitrogens with zero attached hydrogens (tertiary/aromatic N) is 3. The Hall–Kier alpha value is -3.65. The molecule has 0 fully saturated rings. The van der Waals surface area contributed by atoms with E-state index >= 15 is 0 Å². The van der Waals surface area contributed by atoms with E-state index in [1.165, 1.54) is 4.68 Å². The van der Waals surface area contributed by atoms with Gasteiger partial charge in [-0.15, -0.1) is 0 Å². The lowest BCUT2D eigenvalue weighted by Gasteiger charge is -2.18. The van der Waals surface area contributed by atoms with Crippen LogP contribution in [-0.4, -0.2) is 35.7 Å². The van der Waals surface area contributed by atoms with Gasteiger partial charge in [0, 0.05) is 5.56 Å². The largest absolute Gasteiger partial charge is 0.496 e. The van der Waals surface area contributed by atoms with Crippen LogP contribution in [0.1, 0.15) is 63.6 Å². The van der Waals surface area contributed by atoms with Gasteiger partial charge in [0.05, 0.1) is 41.4 Å². The van der Waals surface area contributed by atoms with Gasteiger partial charge in [-0.3, -0.25) is 4.79 Å². The van der Waals surface area contributed by atoms with Crippen LogP contribution in [0.2, 0.25) is 0 Å². The summed E-state index contributed by atoms with van der Waals surface area (Å²) in [5.74, 6) is 2.73. The molecule has 4 rings (SSSR count). The Kier molecular flexibility index (Phi) is 9.30. The third kappa shape index (κ3) is 6.07. The number of hydrogen-bond acceptors (Lipinski definition) is 6. The number of halogens is 1. The lowest BCUT2D eigenvalue weighted by molar-refractivity contribution is 0.202. The van der Waals surface area contributed by atoms with Gasteiger partial charge in [0.15, 0.2) is 17.3 Å². The molecule has 0 amide bonds. The Balaban J connectivity index is 1.91. The standard InChI is InChI=1S/C32H36BrN3O4/c1-8-21(6)40-30-26(33)15-22(16-29(30)39-9-2)18-34-36-31(35-27-13-11-10-12-23(27)32(36)37)25-17-24(19(3)4)28(38-7)14-20(25)5/h10-19,21H,8-9H2,1-7H3/t21-/m0/s1. The Morgan fingerprint density at radius 1 is 1.07 bits per heavy atom. The fourth-order valence-electron chi connectivity index (χ4n) is 4.42. The van der Waals surface area contributed by atoms with E-state index < -0.39 is 0 Å². The highest BCUT2D eigenvalue weighted by atomic mass is 79.9. The van der Waals surface area contributed by atoms with E-state index in [4.69, 9.17) is 19.2 Å². The average Bonchev–Trinajstić information content (AvgIpc) is 2.94. The van der Waals surface area contributed by atoms with Gasteiger partial charge in [0.25, 0.3) is 5.56 Å². The molecule has 0 aliphatic carbocycles. The molecule has 0 aliphatic heterocycles. The molecule has 0 saturated carbocycles. The number of rotatable bonds is 10. The molecule has 0 N–H and O–H groups in total. The molecule has 1 atom stereocenters. The molecule has 3 aromatic carbocycles. The van der Waals surface area contributed by atoms with Gasteiger partial charge in [0.2, 0.25) is 0 Å². The number of aryl methyl sites for hydroxylation is 1. The summed E-state index contributed by atoms with van der Waals surface area (Å²) in [6, 6.07) is 15.1. The second-order valence-corrected chi connectivity index (χ2v) is 10.8. The van der Waals surface area contributed by atoms with Crippen molar-refractivity contribution < 1.29 is 14.2 Å². The molecule has 0 bridgehead atoms. The van der Waals surface area contributed by atoms with Gasteiger partial charge in [-0.1, -0.05) is 32.9 Å². The summed E-state index contributed by atoms with van der Waals surface area (Å²) >= 11 is 3.64. The first kappa shape index (κ1) is 29.3. The summed E-state index contributed by atoms with van der Waals surface area (Å²) in [5, 5.41) is 5.17. The van der Waals surface area contributed by atoms with Gasteiger partial charge < -0.3 is 14.2 Å². The van der Waals surface area contributed by atoms with E-state index in [0.29, 0.717) is 34.8 Å². The molecular weight excluding hydrogens is 570 g/mol. The summed E-state index contributed by atoms with van der Waals surface area (Å²) in [6.07, 6.45) is 2.54. The van der Waals surface area contributed by atoms with Crippen LogP contribution in [0.5, 0.6) is 17.2 Å². The molecule has 210 valence electrons. The van der Waals surface area contributed by atoms with Crippen molar-refractivity contribution in [1.29, 1.82) is 0 Å². The summed E-state index contributed by atoms with van der Waals surface area (Å²) in [7, 11) is 1.67. The number of aromatic nitrogens is 2. The SMILES string of the molecule is CCOc1cc(C=Nn2c(-c3cc(C(C)C)c(OC)cc3C)nc3ccccc3c2=O)cc(Br)c1O[C@@H](C)CC. The smallest absolute Gasteiger partial charge is 0.282 e. The van der Waals surface area contributed by atoms with E-state index in [2.05, 4.69) is 41.8 Å². The highest BCUT2D eigenvalue weighted by molar-refractivity contribution is 9.10. The van der Waals surface area contributed by atoms with Crippen molar-refractivity contribution in [2.45, 2.75) is 60.0 Å². The fourth-order valence-corrected chi connectivity index (χ4v) is 4.97. The minimum atomic E-state index is -0.251. The minimum absolute atomic E-state index is 0.0308. The monoisotopic (exact) mass is 605 g/mol. The molecule has 0 saturated heterocycles. The molecule has 8 heteroatoms. The number of benzene rings is 3. The van der Waals surface area contributed by atoms with Crippen molar-refractivity contribution in [1.82, 2.24) is 9.66 Å². The maximum atomic E-state index is 13.8. The lowest BCUT2D eigenvalue weighted by atomic mass is 9.96. The molecule has 1 heterocycles. The van der Waals surface area contributed by atoms with Crippen LogP contribution in [0.25, 0.3) is 22.3 Å². The minimum Gasteiger partial charge on any atom is -0.496 e. The molecule has 0 unspecified atom stereocenters. The van der Waals surface area contributed by atoms with Crippen molar-refractivity contribution in [3.63, 3.8) is 0 Å². The van der Waals surface area contributed by atoms with Crippen LogP contribution in [-0.2, 0) is 0 Å². The number of methoxy groups -OCH3 is 1. The first-order valence-electron chi connectivity index (χ1n) is 13.6. The van der Waals surface area contributed by atoms with Gasteiger partial charge in [-0.2, -0.15) is 9.78 Å². The van der Waals surface area contributed by atoms with Gasteiger partial charge in [-0.05, 0) is 102 Å². The van der Waals surface area contributed by atoms with Crippen LogP contribution in [0.15, 0.2) is 62.9 Å². The van der Waals surface area contributed by atoms with Gasteiger partial charge in [-0.25, -0.2) is 4.98 Å².